The fourth-order valence-corrected chi connectivity index (χ4v) is 3.07. The van der Waals surface area contributed by atoms with Gasteiger partial charge in [-0.3, -0.25) is 4.99 Å². The predicted octanol–water partition coefficient (Wildman–Crippen LogP) is 6.15. The van der Waals surface area contributed by atoms with Crippen molar-refractivity contribution in [1.29, 1.82) is 0 Å². The molecule has 1 aliphatic rings. The topological polar surface area (TPSA) is 21.6 Å². The van der Waals surface area contributed by atoms with E-state index in [2.05, 4.69) is 18.7 Å². The third kappa shape index (κ3) is 5.04. The first-order valence-electron chi connectivity index (χ1n) is 9.09. The highest BCUT2D eigenvalue weighted by Gasteiger charge is 2.15. The molecule has 1 aliphatic heterocycles. The van der Waals surface area contributed by atoms with E-state index in [1.165, 1.54) is 17.7 Å². The lowest BCUT2D eigenvalue weighted by Gasteiger charge is -2.19. The molecule has 0 saturated carbocycles. The van der Waals surface area contributed by atoms with Crippen LogP contribution in [0.4, 0.5) is 4.39 Å². The number of nitrogens with zero attached hydrogens (tertiary/aromatic N) is 1. The number of benzene rings is 2. The normalized spacial score (nSPS) is 17.1. The minimum absolute atomic E-state index is 0.200. The van der Waals surface area contributed by atoms with Crippen molar-refractivity contribution in [2.75, 3.05) is 6.61 Å². The van der Waals surface area contributed by atoms with Gasteiger partial charge in [-0.15, -0.1) is 0 Å². The maximum Gasteiger partial charge on any atom is 0.130 e. The van der Waals surface area contributed by atoms with Gasteiger partial charge in [0.25, 0.3) is 0 Å². The van der Waals surface area contributed by atoms with Crippen molar-refractivity contribution < 1.29 is 9.13 Å². The average Bonchev–Trinajstić information content (AvgIpc) is 2.67. The van der Waals surface area contributed by atoms with Crippen molar-refractivity contribution in [2.24, 2.45) is 10.9 Å². The molecule has 27 heavy (non-hydrogen) atoms. The second-order valence-electron chi connectivity index (χ2n) is 6.73. The van der Waals surface area contributed by atoms with Crippen molar-refractivity contribution in [3.8, 4) is 5.75 Å². The number of hydrogen-bond acceptors (Lipinski definition) is 2. The number of rotatable bonds is 6. The zero-order valence-electron chi connectivity index (χ0n) is 15.8. The Morgan fingerprint density at radius 1 is 1.22 bits per heavy atom. The van der Waals surface area contributed by atoms with Gasteiger partial charge in [-0.25, -0.2) is 4.39 Å². The largest absolute Gasteiger partial charge is 0.487 e. The van der Waals surface area contributed by atoms with Gasteiger partial charge in [-0.2, -0.15) is 0 Å². The summed E-state index contributed by atoms with van der Waals surface area (Å²) in [7, 11) is 0. The van der Waals surface area contributed by atoms with Gasteiger partial charge in [0.05, 0.1) is 5.70 Å². The molecule has 0 bridgehead atoms. The summed E-state index contributed by atoms with van der Waals surface area (Å²) in [5.74, 6) is 0.820. The van der Waals surface area contributed by atoms with Crippen LogP contribution in [0.15, 0.2) is 84.0 Å². The van der Waals surface area contributed by atoms with E-state index < -0.39 is 0 Å². The van der Waals surface area contributed by atoms with E-state index in [0.29, 0.717) is 6.61 Å². The molecule has 2 nitrogen and oxygen atoms in total. The molecule has 1 atom stereocenters. The minimum Gasteiger partial charge on any atom is -0.487 e. The van der Waals surface area contributed by atoms with E-state index in [1.54, 1.807) is 18.2 Å². The molecule has 0 amide bonds. The fraction of sp³-hybridized carbons (Fsp3) is 0.208. The lowest BCUT2D eigenvalue weighted by atomic mass is 9.92. The zero-order valence-corrected chi connectivity index (χ0v) is 15.8. The van der Waals surface area contributed by atoms with Crippen LogP contribution < -0.4 is 4.74 Å². The lowest BCUT2D eigenvalue weighted by Crippen LogP contribution is -2.15. The quantitative estimate of drug-likeness (QED) is 0.566. The van der Waals surface area contributed by atoms with Gasteiger partial charge in [0.2, 0.25) is 0 Å². The lowest BCUT2D eigenvalue weighted by molar-refractivity contribution is 0.349. The summed E-state index contributed by atoms with van der Waals surface area (Å²) in [6, 6.07) is 14.5. The smallest absolute Gasteiger partial charge is 0.130 e. The van der Waals surface area contributed by atoms with Gasteiger partial charge < -0.3 is 4.74 Å². The first kappa shape index (κ1) is 18.8. The highest BCUT2D eigenvalue weighted by Crippen LogP contribution is 2.25. The van der Waals surface area contributed by atoms with Crippen molar-refractivity contribution in [2.45, 2.75) is 20.3 Å². The molecular formula is C24H24FNO. The van der Waals surface area contributed by atoms with E-state index in [-0.39, 0.29) is 11.7 Å². The van der Waals surface area contributed by atoms with Crippen LogP contribution in [0.3, 0.4) is 0 Å². The highest BCUT2D eigenvalue weighted by molar-refractivity contribution is 5.90. The molecule has 0 aliphatic carbocycles. The summed E-state index contributed by atoms with van der Waals surface area (Å²) in [6.07, 6.45) is 6.93. The van der Waals surface area contributed by atoms with Gasteiger partial charge in [-0.1, -0.05) is 49.1 Å². The third-order valence-electron chi connectivity index (χ3n) is 4.62. The highest BCUT2D eigenvalue weighted by atomic mass is 19.1. The van der Waals surface area contributed by atoms with E-state index in [0.717, 1.165) is 34.7 Å². The molecule has 1 heterocycles. The van der Waals surface area contributed by atoms with Gasteiger partial charge in [0.1, 0.15) is 18.2 Å². The molecule has 0 radical (unpaired) electrons. The first-order valence-corrected chi connectivity index (χ1v) is 9.09. The monoisotopic (exact) mass is 361 g/mol. The molecule has 0 N–H and O–H groups in total. The molecule has 138 valence electrons. The van der Waals surface area contributed by atoms with Crippen LogP contribution in [0, 0.1) is 18.7 Å². The summed E-state index contributed by atoms with van der Waals surface area (Å²) in [5, 5.41) is 0. The van der Waals surface area contributed by atoms with E-state index in [1.807, 2.05) is 38.1 Å². The summed E-state index contributed by atoms with van der Waals surface area (Å²) in [5.41, 5.74) is 5.11. The summed E-state index contributed by atoms with van der Waals surface area (Å²) in [6.45, 7) is 8.44. The number of hydrogen-bond donors (Lipinski definition) is 0. The van der Waals surface area contributed by atoms with Crippen LogP contribution in [0.1, 0.15) is 24.5 Å². The Labute approximate surface area is 160 Å². The number of ether oxygens (including phenoxy) is 1. The Hall–Kier alpha value is -2.94. The van der Waals surface area contributed by atoms with Crippen LogP contribution >= 0.6 is 0 Å². The second kappa shape index (κ2) is 8.63. The predicted molar refractivity (Wildman–Crippen MR) is 111 cm³/mol. The molecule has 0 saturated heterocycles. The maximum absolute atomic E-state index is 13.2. The summed E-state index contributed by atoms with van der Waals surface area (Å²) < 4.78 is 19.0. The average molecular weight is 361 g/mol. The first-order chi connectivity index (χ1) is 13.0. The standard InChI is InChI=1S/C24H24FNO/c1-4-19(20-8-11-22(25)12-9-20)15-21-10-13-23(26-18(21)3)16-27-24-7-5-6-17(2)14-24/h4-9,11-15,21H,1,10,16H2,2-3H3/b19-15+. The van der Waals surface area contributed by atoms with E-state index in [4.69, 9.17) is 9.73 Å². The Balaban J connectivity index is 1.67. The van der Waals surface area contributed by atoms with Crippen molar-refractivity contribution in [3.05, 3.63) is 96.0 Å². The molecule has 3 rings (SSSR count). The Bertz CT molecular complexity index is 906. The molecular weight excluding hydrogens is 337 g/mol. The summed E-state index contributed by atoms with van der Waals surface area (Å²) >= 11 is 0. The van der Waals surface area contributed by atoms with Crippen LogP contribution in [0.2, 0.25) is 0 Å². The van der Waals surface area contributed by atoms with Gasteiger partial charge in [0.15, 0.2) is 0 Å². The molecule has 3 heteroatoms. The third-order valence-corrected chi connectivity index (χ3v) is 4.62. The van der Waals surface area contributed by atoms with Crippen LogP contribution in [0.25, 0.3) is 5.57 Å². The molecule has 1 unspecified atom stereocenters. The molecule has 0 aromatic heterocycles. The SMILES string of the molecule is C=C/C(=C\C1CC=C(COc2cccc(C)c2)N=C1C)c1ccc(F)cc1. The summed E-state index contributed by atoms with van der Waals surface area (Å²) in [4.78, 5) is 4.71. The van der Waals surface area contributed by atoms with Gasteiger partial charge in [-0.05, 0) is 61.2 Å². The van der Waals surface area contributed by atoms with Gasteiger partial charge >= 0.3 is 0 Å². The Kier molecular flexibility index (Phi) is 6.02. The van der Waals surface area contributed by atoms with Crippen LogP contribution in [0.5, 0.6) is 5.75 Å². The van der Waals surface area contributed by atoms with Crippen molar-refractivity contribution >= 4 is 11.3 Å². The van der Waals surface area contributed by atoms with Crippen molar-refractivity contribution in [3.63, 3.8) is 0 Å². The van der Waals surface area contributed by atoms with Crippen molar-refractivity contribution in [1.82, 2.24) is 0 Å². The zero-order chi connectivity index (χ0) is 19.2. The Morgan fingerprint density at radius 2 is 2.00 bits per heavy atom. The fourth-order valence-electron chi connectivity index (χ4n) is 3.07. The second-order valence-corrected chi connectivity index (χ2v) is 6.73. The number of aryl methyl sites for hydroxylation is 1. The molecule has 0 fully saturated rings. The van der Waals surface area contributed by atoms with E-state index >= 15 is 0 Å². The van der Waals surface area contributed by atoms with Gasteiger partial charge in [0, 0.05) is 11.6 Å². The molecule has 2 aromatic rings. The Morgan fingerprint density at radius 3 is 2.67 bits per heavy atom. The molecule has 2 aromatic carbocycles. The minimum atomic E-state index is -0.237. The number of aliphatic imine (C=N–C) groups is 1. The number of allylic oxidation sites excluding steroid dienone is 4. The maximum atomic E-state index is 13.2. The van der Waals surface area contributed by atoms with E-state index in [9.17, 15) is 4.39 Å². The van der Waals surface area contributed by atoms with Crippen LogP contribution in [-0.4, -0.2) is 12.3 Å². The molecule has 0 spiro atoms. The number of halogens is 1. The van der Waals surface area contributed by atoms with Crippen LogP contribution in [-0.2, 0) is 0 Å².